The van der Waals surface area contributed by atoms with Crippen LogP contribution in [0.15, 0.2) is 42.5 Å². The first-order valence-corrected chi connectivity index (χ1v) is 7.71. The van der Waals surface area contributed by atoms with Crippen molar-refractivity contribution in [2.24, 2.45) is 0 Å². The van der Waals surface area contributed by atoms with Gasteiger partial charge in [0.15, 0.2) is 5.11 Å². The van der Waals surface area contributed by atoms with Crippen LogP contribution in [0.2, 0.25) is 10.0 Å². The summed E-state index contributed by atoms with van der Waals surface area (Å²) in [7, 11) is 0. The molecule has 0 spiro atoms. The fraction of sp³-hybridized carbons (Fsp3) is 0.188. The summed E-state index contributed by atoms with van der Waals surface area (Å²) in [6.07, 6.45) is 0. The van der Waals surface area contributed by atoms with E-state index >= 15 is 0 Å². The van der Waals surface area contributed by atoms with Gasteiger partial charge in [-0.1, -0.05) is 53.0 Å². The van der Waals surface area contributed by atoms with E-state index in [0.29, 0.717) is 20.8 Å². The quantitative estimate of drug-likeness (QED) is 0.737. The Bertz CT molecular complexity index is 641. The molecule has 0 aliphatic heterocycles. The van der Waals surface area contributed by atoms with Gasteiger partial charge in [-0.25, -0.2) is 0 Å². The minimum absolute atomic E-state index is 0.101. The first kappa shape index (κ1) is 16.1. The lowest BCUT2D eigenvalue weighted by Crippen LogP contribution is -2.31. The van der Waals surface area contributed by atoms with Crippen molar-refractivity contribution in [3.63, 3.8) is 0 Å². The van der Waals surface area contributed by atoms with Gasteiger partial charge in [-0.05, 0) is 49.8 Å². The zero-order valence-electron chi connectivity index (χ0n) is 11.8. The SMILES string of the molecule is Cc1ccc(C(C)NC(=S)Nc2cc(Cl)ccc2Cl)cc1. The van der Waals surface area contributed by atoms with E-state index in [2.05, 4.69) is 48.7 Å². The molecule has 2 aromatic carbocycles. The third-order valence-corrected chi connectivity index (χ3v) is 3.89. The number of aryl methyl sites for hydroxylation is 1. The standard InChI is InChI=1S/C16H16Cl2N2S/c1-10-3-5-12(6-4-10)11(2)19-16(21)20-15-9-13(17)7-8-14(15)18/h3-9,11H,1-2H3,(H2,19,20,21). The van der Waals surface area contributed by atoms with Gasteiger partial charge < -0.3 is 10.6 Å². The summed E-state index contributed by atoms with van der Waals surface area (Å²) < 4.78 is 0. The second-order valence-corrected chi connectivity index (χ2v) is 6.11. The molecule has 0 amide bonds. The van der Waals surface area contributed by atoms with Crippen molar-refractivity contribution in [3.05, 3.63) is 63.6 Å². The molecular formula is C16H16Cl2N2S. The van der Waals surface area contributed by atoms with Gasteiger partial charge >= 0.3 is 0 Å². The molecule has 0 radical (unpaired) electrons. The maximum Gasteiger partial charge on any atom is 0.171 e. The lowest BCUT2D eigenvalue weighted by Gasteiger charge is -2.18. The molecule has 0 saturated heterocycles. The molecular weight excluding hydrogens is 323 g/mol. The van der Waals surface area contributed by atoms with E-state index in [1.54, 1.807) is 18.2 Å². The molecule has 0 saturated carbocycles. The maximum absolute atomic E-state index is 6.10. The third-order valence-electron chi connectivity index (χ3n) is 3.10. The van der Waals surface area contributed by atoms with Gasteiger partial charge in [0.05, 0.1) is 16.8 Å². The fourth-order valence-electron chi connectivity index (χ4n) is 1.89. The van der Waals surface area contributed by atoms with E-state index < -0.39 is 0 Å². The van der Waals surface area contributed by atoms with Crippen LogP contribution in [-0.4, -0.2) is 5.11 Å². The minimum atomic E-state index is 0.101. The summed E-state index contributed by atoms with van der Waals surface area (Å²) in [5, 5.41) is 7.99. The summed E-state index contributed by atoms with van der Waals surface area (Å²) in [5.41, 5.74) is 3.09. The molecule has 2 rings (SSSR count). The monoisotopic (exact) mass is 338 g/mol. The molecule has 0 aromatic heterocycles. The predicted molar refractivity (Wildman–Crippen MR) is 95.4 cm³/mol. The van der Waals surface area contributed by atoms with Crippen LogP contribution < -0.4 is 10.6 Å². The number of benzene rings is 2. The molecule has 1 unspecified atom stereocenters. The summed E-state index contributed by atoms with van der Waals surface area (Å²) in [6.45, 7) is 4.12. The highest BCUT2D eigenvalue weighted by molar-refractivity contribution is 7.80. The summed E-state index contributed by atoms with van der Waals surface area (Å²) >= 11 is 17.4. The number of rotatable bonds is 3. The second-order valence-electron chi connectivity index (χ2n) is 4.86. The Kier molecular flexibility index (Phi) is 5.45. The molecule has 2 nitrogen and oxygen atoms in total. The number of hydrogen-bond acceptors (Lipinski definition) is 1. The van der Waals surface area contributed by atoms with Gasteiger partial charge in [-0.3, -0.25) is 0 Å². The lowest BCUT2D eigenvalue weighted by molar-refractivity contribution is 0.722. The van der Waals surface area contributed by atoms with Crippen LogP contribution in [0, 0.1) is 6.92 Å². The lowest BCUT2D eigenvalue weighted by atomic mass is 10.1. The minimum Gasteiger partial charge on any atom is -0.356 e. The van der Waals surface area contributed by atoms with Gasteiger partial charge in [0.2, 0.25) is 0 Å². The van der Waals surface area contributed by atoms with Crippen molar-refractivity contribution in [2.45, 2.75) is 19.9 Å². The van der Waals surface area contributed by atoms with Crippen LogP contribution in [0.4, 0.5) is 5.69 Å². The Hall–Kier alpha value is -1.29. The molecule has 110 valence electrons. The highest BCUT2D eigenvalue weighted by Gasteiger charge is 2.08. The molecule has 0 aliphatic carbocycles. The first-order valence-electron chi connectivity index (χ1n) is 6.55. The van der Waals surface area contributed by atoms with E-state index in [1.165, 1.54) is 11.1 Å². The smallest absolute Gasteiger partial charge is 0.171 e. The van der Waals surface area contributed by atoms with Crippen molar-refractivity contribution < 1.29 is 0 Å². The molecule has 0 fully saturated rings. The van der Waals surface area contributed by atoms with Crippen LogP contribution in [-0.2, 0) is 0 Å². The average molecular weight is 339 g/mol. The molecule has 2 aromatic rings. The van der Waals surface area contributed by atoms with Crippen molar-refractivity contribution in [2.75, 3.05) is 5.32 Å². The third kappa shape index (κ3) is 4.60. The zero-order chi connectivity index (χ0) is 15.4. The number of anilines is 1. The number of hydrogen-bond donors (Lipinski definition) is 2. The maximum atomic E-state index is 6.10. The average Bonchev–Trinajstić information content (AvgIpc) is 2.43. The normalized spacial score (nSPS) is 11.8. The molecule has 1 atom stereocenters. The van der Waals surface area contributed by atoms with E-state index in [-0.39, 0.29) is 6.04 Å². The Morgan fingerprint density at radius 1 is 1.10 bits per heavy atom. The van der Waals surface area contributed by atoms with Crippen molar-refractivity contribution >= 4 is 46.2 Å². The van der Waals surface area contributed by atoms with Crippen LogP contribution >= 0.6 is 35.4 Å². The number of thiocarbonyl (C=S) groups is 1. The van der Waals surface area contributed by atoms with Crippen LogP contribution in [0.1, 0.15) is 24.1 Å². The van der Waals surface area contributed by atoms with Crippen LogP contribution in [0.25, 0.3) is 0 Å². The van der Waals surface area contributed by atoms with E-state index in [4.69, 9.17) is 35.4 Å². The number of nitrogens with one attached hydrogen (secondary N) is 2. The molecule has 5 heteroatoms. The topological polar surface area (TPSA) is 24.1 Å². The predicted octanol–water partition coefficient (Wildman–Crippen LogP) is 5.35. The van der Waals surface area contributed by atoms with Crippen LogP contribution in [0.5, 0.6) is 0 Å². The zero-order valence-corrected chi connectivity index (χ0v) is 14.1. The van der Waals surface area contributed by atoms with Crippen molar-refractivity contribution in [1.29, 1.82) is 0 Å². The summed E-state index contributed by atoms with van der Waals surface area (Å²) in [4.78, 5) is 0. The molecule has 0 aliphatic rings. The van der Waals surface area contributed by atoms with E-state index in [1.807, 2.05) is 0 Å². The summed E-state index contributed by atoms with van der Waals surface area (Å²) in [5.74, 6) is 0. The molecule has 2 N–H and O–H groups in total. The first-order chi connectivity index (χ1) is 9.95. The van der Waals surface area contributed by atoms with E-state index in [0.717, 1.165) is 0 Å². The number of halogens is 2. The Labute approximate surface area is 140 Å². The Morgan fingerprint density at radius 2 is 1.76 bits per heavy atom. The van der Waals surface area contributed by atoms with Crippen LogP contribution in [0.3, 0.4) is 0 Å². The van der Waals surface area contributed by atoms with Crippen molar-refractivity contribution in [3.8, 4) is 0 Å². The Balaban J connectivity index is 2.01. The van der Waals surface area contributed by atoms with Crippen molar-refractivity contribution in [1.82, 2.24) is 5.32 Å². The summed E-state index contributed by atoms with van der Waals surface area (Å²) in [6, 6.07) is 13.6. The van der Waals surface area contributed by atoms with Gasteiger partial charge in [-0.2, -0.15) is 0 Å². The Morgan fingerprint density at radius 3 is 2.43 bits per heavy atom. The van der Waals surface area contributed by atoms with Gasteiger partial charge in [0.1, 0.15) is 0 Å². The molecule has 21 heavy (non-hydrogen) atoms. The largest absolute Gasteiger partial charge is 0.356 e. The highest BCUT2D eigenvalue weighted by Crippen LogP contribution is 2.25. The van der Waals surface area contributed by atoms with Gasteiger partial charge in [-0.15, -0.1) is 0 Å². The fourth-order valence-corrected chi connectivity index (χ4v) is 2.51. The molecule has 0 bridgehead atoms. The van der Waals surface area contributed by atoms with Gasteiger partial charge in [0, 0.05) is 5.02 Å². The second kappa shape index (κ2) is 7.12. The highest BCUT2D eigenvalue weighted by atomic mass is 35.5. The molecule has 0 heterocycles. The van der Waals surface area contributed by atoms with E-state index in [9.17, 15) is 0 Å². The van der Waals surface area contributed by atoms with Gasteiger partial charge in [0.25, 0.3) is 0 Å².